The van der Waals surface area contributed by atoms with E-state index in [9.17, 15) is 18.0 Å². The Bertz CT molecular complexity index is 494. The number of hydrogen-bond acceptors (Lipinski definition) is 2. The van der Waals surface area contributed by atoms with Gasteiger partial charge in [0.05, 0.1) is 0 Å². The summed E-state index contributed by atoms with van der Waals surface area (Å²) in [4.78, 5) is 15.8. The van der Waals surface area contributed by atoms with E-state index in [4.69, 9.17) is 11.6 Å². The lowest BCUT2D eigenvalue weighted by atomic mass is 10.3. The second-order valence-electron chi connectivity index (χ2n) is 4.42. The molecule has 0 amide bonds. The van der Waals surface area contributed by atoms with Crippen LogP contribution in [0.25, 0.3) is 0 Å². The predicted octanol–water partition coefficient (Wildman–Crippen LogP) is 3.12. The van der Waals surface area contributed by atoms with Gasteiger partial charge in [-0.2, -0.15) is 13.2 Å². The number of nitrogens with zero attached hydrogens (tertiary/aromatic N) is 2. The first-order valence-corrected chi connectivity index (χ1v) is 6.08. The smallest absolute Gasteiger partial charge is 0.296 e. The first kappa shape index (κ1) is 13.4. The van der Waals surface area contributed by atoms with Gasteiger partial charge in [-0.15, -0.1) is 0 Å². The van der Waals surface area contributed by atoms with Crippen LogP contribution in [-0.2, 0) is 6.54 Å². The molecular weight excluding hydrogens is 269 g/mol. The number of aromatic nitrogens is 2. The van der Waals surface area contributed by atoms with E-state index < -0.39 is 12.6 Å². The molecule has 100 valence electrons. The van der Waals surface area contributed by atoms with Crippen molar-refractivity contribution in [3.8, 4) is 0 Å². The first-order valence-electron chi connectivity index (χ1n) is 5.71. The van der Waals surface area contributed by atoms with Gasteiger partial charge < -0.3 is 0 Å². The minimum absolute atomic E-state index is 0.0361. The lowest BCUT2D eigenvalue weighted by Gasteiger charge is -2.12. The second-order valence-corrected chi connectivity index (χ2v) is 4.81. The standard InChI is InChI=1S/C11H12ClF3N2O/c12-8-6-9(18)17(5-1-4-11(13,14)15)10(16-8)7-2-3-7/h6-7H,1-5H2. The van der Waals surface area contributed by atoms with Crippen molar-refractivity contribution < 1.29 is 13.2 Å². The minimum Gasteiger partial charge on any atom is -0.296 e. The average molecular weight is 281 g/mol. The van der Waals surface area contributed by atoms with Crippen LogP contribution >= 0.6 is 11.6 Å². The van der Waals surface area contributed by atoms with Gasteiger partial charge in [0.1, 0.15) is 11.0 Å². The van der Waals surface area contributed by atoms with Crippen molar-refractivity contribution in [1.82, 2.24) is 9.55 Å². The first-order chi connectivity index (χ1) is 8.37. The average Bonchev–Trinajstić information content (AvgIpc) is 3.02. The molecular formula is C11H12ClF3N2O. The Morgan fingerprint density at radius 3 is 2.67 bits per heavy atom. The monoisotopic (exact) mass is 280 g/mol. The zero-order valence-corrected chi connectivity index (χ0v) is 10.3. The van der Waals surface area contributed by atoms with E-state index in [2.05, 4.69) is 4.98 Å². The molecule has 0 atom stereocenters. The molecule has 1 aromatic heterocycles. The molecule has 0 unspecified atom stereocenters. The highest BCUT2D eigenvalue weighted by Crippen LogP contribution is 2.38. The highest BCUT2D eigenvalue weighted by molar-refractivity contribution is 6.29. The van der Waals surface area contributed by atoms with Gasteiger partial charge in [0.25, 0.3) is 5.56 Å². The summed E-state index contributed by atoms with van der Waals surface area (Å²) >= 11 is 5.70. The lowest BCUT2D eigenvalue weighted by molar-refractivity contribution is -0.135. The molecule has 2 rings (SSSR count). The summed E-state index contributed by atoms with van der Waals surface area (Å²) in [7, 11) is 0. The summed E-state index contributed by atoms with van der Waals surface area (Å²) in [5.74, 6) is 0.692. The number of halogens is 4. The molecule has 18 heavy (non-hydrogen) atoms. The van der Waals surface area contributed by atoms with Crippen LogP contribution in [0.3, 0.4) is 0 Å². The van der Waals surface area contributed by atoms with Crippen LogP contribution in [0.2, 0.25) is 5.15 Å². The van der Waals surface area contributed by atoms with Gasteiger partial charge in [-0.25, -0.2) is 4.98 Å². The fraction of sp³-hybridized carbons (Fsp3) is 0.636. The lowest BCUT2D eigenvalue weighted by Crippen LogP contribution is -2.25. The maximum absolute atomic E-state index is 12.1. The summed E-state index contributed by atoms with van der Waals surface area (Å²) in [5.41, 5.74) is -0.376. The fourth-order valence-electron chi connectivity index (χ4n) is 1.81. The highest BCUT2D eigenvalue weighted by atomic mass is 35.5. The Kier molecular flexibility index (Phi) is 3.66. The molecule has 0 bridgehead atoms. The third-order valence-corrected chi connectivity index (χ3v) is 2.98. The van der Waals surface area contributed by atoms with Crippen LogP contribution in [0.5, 0.6) is 0 Å². The van der Waals surface area contributed by atoms with Crippen LogP contribution in [0, 0.1) is 0 Å². The van der Waals surface area contributed by atoms with Crippen LogP contribution in [0.4, 0.5) is 13.2 Å². The fourth-order valence-corrected chi connectivity index (χ4v) is 1.99. The van der Waals surface area contributed by atoms with E-state index in [1.807, 2.05) is 0 Å². The highest BCUT2D eigenvalue weighted by Gasteiger charge is 2.30. The van der Waals surface area contributed by atoms with Crippen molar-refractivity contribution in [2.75, 3.05) is 0 Å². The Balaban J connectivity index is 2.14. The van der Waals surface area contributed by atoms with E-state index >= 15 is 0 Å². The van der Waals surface area contributed by atoms with E-state index in [0.717, 1.165) is 18.9 Å². The van der Waals surface area contributed by atoms with Gasteiger partial charge in [-0.05, 0) is 19.3 Å². The summed E-state index contributed by atoms with van der Waals surface area (Å²) in [6.07, 6.45) is -3.39. The molecule has 3 nitrogen and oxygen atoms in total. The SMILES string of the molecule is O=c1cc(Cl)nc(C2CC2)n1CCCC(F)(F)F. The molecule has 0 aliphatic heterocycles. The molecule has 1 aliphatic rings. The topological polar surface area (TPSA) is 34.9 Å². The van der Waals surface area contributed by atoms with E-state index in [1.54, 1.807) is 0 Å². The summed E-state index contributed by atoms with van der Waals surface area (Å²) < 4.78 is 37.5. The summed E-state index contributed by atoms with van der Waals surface area (Å²) in [5, 5.41) is 0.106. The number of rotatable bonds is 4. The zero-order chi connectivity index (χ0) is 13.3. The van der Waals surface area contributed by atoms with Crippen molar-refractivity contribution in [2.24, 2.45) is 0 Å². The molecule has 7 heteroatoms. The Labute approximate surface area is 107 Å². The van der Waals surface area contributed by atoms with Crippen LogP contribution < -0.4 is 5.56 Å². The van der Waals surface area contributed by atoms with Gasteiger partial charge in [0.15, 0.2) is 0 Å². The van der Waals surface area contributed by atoms with Crippen molar-refractivity contribution in [3.05, 3.63) is 27.4 Å². The van der Waals surface area contributed by atoms with Crippen molar-refractivity contribution in [2.45, 2.75) is 44.3 Å². The normalized spacial score (nSPS) is 16.0. The zero-order valence-electron chi connectivity index (χ0n) is 9.50. The van der Waals surface area contributed by atoms with Crippen molar-refractivity contribution in [3.63, 3.8) is 0 Å². The van der Waals surface area contributed by atoms with Crippen LogP contribution in [0.15, 0.2) is 10.9 Å². The predicted molar refractivity (Wildman–Crippen MR) is 60.8 cm³/mol. The van der Waals surface area contributed by atoms with Gasteiger partial charge >= 0.3 is 6.18 Å². The summed E-state index contributed by atoms with van der Waals surface area (Å²) in [6.45, 7) is 0.0361. The van der Waals surface area contributed by atoms with Crippen molar-refractivity contribution in [1.29, 1.82) is 0 Å². The third-order valence-electron chi connectivity index (χ3n) is 2.79. The molecule has 1 aromatic rings. The largest absolute Gasteiger partial charge is 0.389 e. The molecule has 1 heterocycles. The quantitative estimate of drug-likeness (QED) is 0.794. The van der Waals surface area contributed by atoms with Crippen LogP contribution in [-0.4, -0.2) is 15.7 Å². The van der Waals surface area contributed by atoms with Gasteiger partial charge in [0.2, 0.25) is 0 Å². The van der Waals surface area contributed by atoms with E-state index in [0.29, 0.717) is 5.82 Å². The Morgan fingerprint density at radius 1 is 1.44 bits per heavy atom. The molecule has 0 saturated heterocycles. The molecule has 1 saturated carbocycles. The molecule has 1 fully saturated rings. The summed E-state index contributed by atoms with van der Waals surface area (Å²) in [6, 6.07) is 1.14. The molecule has 0 aromatic carbocycles. The number of alkyl halides is 3. The maximum atomic E-state index is 12.1. The van der Waals surface area contributed by atoms with E-state index in [1.165, 1.54) is 4.57 Å². The van der Waals surface area contributed by atoms with Gasteiger partial charge in [-0.1, -0.05) is 11.6 Å². The molecule has 1 aliphatic carbocycles. The molecule has 0 radical (unpaired) electrons. The third kappa shape index (κ3) is 3.48. The molecule has 0 N–H and O–H groups in total. The van der Waals surface area contributed by atoms with Gasteiger partial charge in [-0.3, -0.25) is 9.36 Å². The Hall–Kier alpha value is -1.04. The van der Waals surface area contributed by atoms with E-state index in [-0.39, 0.29) is 29.6 Å². The minimum atomic E-state index is -4.19. The molecule has 0 spiro atoms. The van der Waals surface area contributed by atoms with Crippen LogP contribution in [0.1, 0.15) is 37.4 Å². The number of hydrogen-bond donors (Lipinski definition) is 0. The van der Waals surface area contributed by atoms with Gasteiger partial charge in [0, 0.05) is 24.9 Å². The Morgan fingerprint density at radius 2 is 2.11 bits per heavy atom. The van der Waals surface area contributed by atoms with Crippen molar-refractivity contribution >= 4 is 11.6 Å². The maximum Gasteiger partial charge on any atom is 0.389 e. The second kappa shape index (κ2) is 4.91.